The summed E-state index contributed by atoms with van der Waals surface area (Å²) in [6, 6.07) is 0. The number of ether oxygens (including phenoxy) is 1. The van der Waals surface area contributed by atoms with Gasteiger partial charge in [0.15, 0.2) is 0 Å². The molecule has 0 atom stereocenters. The Morgan fingerprint density at radius 2 is 1.86 bits per heavy atom. The van der Waals surface area contributed by atoms with Gasteiger partial charge in [-0.25, -0.2) is 0 Å². The number of hydrogen-bond donors (Lipinski definition) is 1. The maximum absolute atomic E-state index is 13.0. The zero-order valence-electron chi connectivity index (χ0n) is 9.85. The molecule has 1 heterocycles. The van der Waals surface area contributed by atoms with Gasteiger partial charge in [0.05, 0.1) is 12.1 Å². The van der Waals surface area contributed by atoms with Crippen molar-refractivity contribution in [2.45, 2.75) is 24.3 Å². The van der Waals surface area contributed by atoms with Gasteiger partial charge in [-0.05, 0) is 0 Å². The predicted molar refractivity (Wildman–Crippen MR) is 59.9 cm³/mol. The van der Waals surface area contributed by atoms with Crippen LogP contribution in [0.4, 0.5) is 26.3 Å². The zero-order chi connectivity index (χ0) is 16.4. The first-order valence-corrected chi connectivity index (χ1v) is 6.19. The highest BCUT2D eigenvalue weighted by Crippen LogP contribution is 2.42. The van der Waals surface area contributed by atoms with Gasteiger partial charge in [-0.15, -0.1) is 13.2 Å². The van der Waals surface area contributed by atoms with Gasteiger partial charge in [-0.1, -0.05) is 15.9 Å². The Morgan fingerprint density at radius 1 is 1.29 bits per heavy atom. The molecule has 0 spiro atoms. The van der Waals surface area contributed by atoms with Gasteiger partial charge in [-0.3, -0.25) is 9.78 Å². The van der Waals surface area contributed by atoms with E-state index in [1.807, 2.05) is 0 Å². The third kappa shape index (κ3) is 4.76. The largest absolute Gasteiger partial charge is 0.573 e. The van der Waals surface area contributed by atoms with Gasteiger partial charge in [-0.2, -0.15) is 13.2 Å². The van der Waals surface area contributed by atoms with E-state index >= 15 is 0 Å². The topological polar surface area (TPSA) is 59.4 Å². The second kappa shape index (κ2) is 6.08. The number of carbonyl (C=O) groups is 1. The zero-order valence-corrected chi connectivity index (χ0v) is 11.4. The number of aromatic nitrogens is 1. The number of hydrogen-bond acceptors (Lipinski definition) is 3. The van der Waals surface area contributed by atoms with Crippen LogP contribution in [0.5, 0.6) is 5.75 Å². The maximum Gasteiger partial charge on any atom is 0.573 e. The number of halogens is 7. The summed E-state index contributed by atoms with van der Waals surface area (Å²) in [5.41, 5.74) is -3.41. The third-order valence-corrected chi connectivity index (χ3v) is 2.75. The quantitative estimate of drug-likeness (QED) is 0.640. The Labute approximate surface area is 121 Å². The molecule has 0 aliphatic rings. The molecule has 1 aromatic heterocycles. The smallest absolute Gasteiger partial charge is 0.481 e. The fourth-order valence-corrected chi connectivity index (χ4v) is 1.87. The lowest BCUT2D eigenvalue weighted by Gasteiger charge is -2.19. The van der Waals surface area contributed by atoms with E-state index < -0.39 is 47.5 Å². The van der Waals surface area contributed by atoms with Crippen molar-refractivity contribution >= 4 is 21.9 Å². The summed E-state index contributed by atoms with van der Waals surface area (Å²) in [6.07, 6.45) is -11.1. The highest BCUT2D eigenvalue weighted by Gasteiger charge is 2.43. The standard InChI is InChI=1S/C10H6BrF6NO3/c11-2-4-3-18-5(1-6(19)20)7(9(12,13)14)8(4)21-10(15,16)17/h3H,1-2H2,(H,19,20). The third-order valence-electron chi connectivity index (χ3n) is 2.15. The van der Waals surface area contributed by atoms with E-state index in [-0.39, 0.29) is 5.33 Å². The molecule has 0 aliphatic carbocycles. The molecule has 0 saturated heterocycles. The van der Waals surface area contributed by atoms with E-state index in [0.717, 1.165) is 0 Å². The fourth-order valence-electron chi connectivity index (χ4n) is 1.47. The minimum Gasteiger partial charge on any atom is -0.481 e. The molecule has 4 nitrogen and oxygen atoms in total. The van der Waals surface area contributed by atoms with Gasteiger partial charge in [0.25, 0.3) is 0 Å². The number of rotatable bonds is 4. The molecular formula is C10H6BrF6NO3. The van der Waals surface area contributed by atoms with Gasteiger partial charge in [0, 0.05) is 17.1 Å². The number of carboxylic acid groups (broad SMARTS) is 1. The Bertz CT molecular complexity index is 543. The van der Waals surface area contributed by atoms with Crippen molar-refractivity contribution in [2.75, 3.05) is 0 Å². The first kappa shape index (κ1) is 17.5. The van der Waals surface area contributed by atoms with Crippen LogP contribution in [-0.2, 0) is 22.7 Å². The molecule has 0 saturated carbocycles. The lowest BCUT2D eigenvalue weighted by Crippen LogP contribution is -2.23. The maximum atomic E-state index is 13.0. The number of carboxylic acids is 1. The minimum atomic E-state index is -5.36. The van der Waals surface area contributed by atoms with E-state index in [9.17, 15) is 31.1 Å². The van der Waals surface area contributed by atoms with Crippen molar-refractivity contribution in [2.24, 2.45) is 0 Å². The van der Waals surface area contributed by atoms with Crippen LogP contribution in [0, 0.1) is 0 Å². The molecule has 0 aliphatic heterocycles. The van der Waals surface area contributed by atoms with E-state index in [1.165, 1.54) is 0 Å². The average Bonchev–Trinajstić information content (AvgIpc) is 2.24. The van der Waals surface area contributed by atoms with Crippen LogP contribution < -0.4 is 4.74 Å². The Morgan fingerprint density at radius 3 is 2.24 bits per heavy atom. The lowest BCUT2D eigenvalue weighted by molar-refractivity contribution is -0.276. The normalized spacial score (nSPS) is 12.3. The van der Waals surface area contributed by atoms with Crippen molar-refractivity contribution < 1.29 is 41.0 Å². The van der Waals surface area contributed by atoms with Crippen LogP contribution in [-0.4, -0.2) is 22.4 Å². The van der Waals surface area contributed by atoms with Gasteiger partial charge < -0.3 is 9.84 Å². The number of pyridine rings is 1. The monoisotopic (exact) mass is 381 g/mol. The summed E-state index contributed by atoms with van der Waals surface area (Å²) in [5, 5.41) is 8.14. The molecule has 0 amide bonds. The fraction of sp³-hybridized carbons (Fsp3) is 0.400. The van der Waals surface area contributed by atoms with E-state index in [4.69, 9.17) is 5.11 Å². The Kier molecular flexibility index (Phi) is 5.07. The Hall–Kier alpha value is -1.52. The molecule has 0 aromatic carbocycles. The number of nitrogens with zero attached hydrogens (tertiary/aromatic N) is 1. The van der Waals surface area contributed by atoms with Crippen LogP contribution in [0.25, 0.3) is 0 Å². The second-order valence-corrected chi connectivity index (χ2v) is 4.24. The summed E-state index contributed by atoms with van der Waals surface area (Å²) in [5.74, 6) is -3.17. The van der Waals surface area contributed by atoms with E-state index in [1.54, 1.807) is 0 Å². The number of alkyl halides is 7. The molecule has 0 unspecified atom stereocenters. The van der Waals surface area contributed by atoms with Gasteiger partial charge in [0.1, 0.15) is 11.3 Å². The molecule has 1 N–H and O–H groups in total. The van der Waals surface area contributed by atoms with Crippen LogP contribution >= 0.6 is 15.9 Å². The van der Waals surface area contributed by atoms with Crippen LogP contribution in [0.2, 0.25) is 0 Å². The lowest BCUT2D eigenvalue weighted by atomic mass is 10.1. The first-order valence-electron chi connectivity index (χ1n) is 5.07. The van der Waals surface area contributed by atoms with Crippen LogP contribution in [0.3, 0.4) is 0 Å². The van der Waals surface area contributed by atoms with Gasteiger partial charge in [0.2, 0.25) is 0 Å². The van der Waals surface area contributed by atoms with Crippen molar-refractivity contribution in [1.29, 1.82) is 0 Å². The summed E-state index contributed by atoms with van der Waals surface area (Å²) in [4.78, 5) is 13.8. The first-order chi connectivity index (χ1) is 9.45. The molecule has 1 aromatic rings. The summed E-state index contributed by atoms with van der Waals surface area (Å²) in [6.45, 7) is 0. The predicted octanol–water partition coefficient (Wildman–Crippen LogP) is 3.52. The highest BCUT2D eigenvalue weighted by molar-refractivity contribution is 9.08. The summed E-state index contributed by atoms with van der Waals surface area (Å²) >= 11 is 2.72. The van der Waals surface area contributed by atoms with E-state index in [0.29, 0.717) is 6.20 Å². The van der Waals surface area contributed by atoms with Crippen molar-refractivity contribution in [3.05, 3.63) is 23.0 Å². The highest BCUT2D eigenvalue weighted by atomic mass is 79.9. The summed E-state index contributed by atoms with van der Waals surface area (Å²) < 4.78 is 79.1. The molecule has 21 heavy (non-hydrogen) atoms. The van der Waals surface area contributed by atoms with E-state index in [2.05, 4.69) is 25.7 Å². The Balaban J connectivity index is 3.57. The van der Waals surface area contributed by atoms with Crippen molar-refractivity contribution in [1.82, 2.24) is 4.98 Å². The molecule has 0 bridgehead atoms. The number of aliphatic carboxylic acids is 1. The second-order valence-electron chi connectivity index (χ2n) is 3.68. The van der Waals surface area contributed by atoms with Crippen LogP contribution in [0.15, 0.2) is 6.20 Å². The minimum absolute atomic E-state index is 0.387. The molecule has 0 fully saturated rings. The summed E-state index contributed by atoms with van der Waals surface area (Å²) in [7, 11) is 0. The van der Waals surface area contributed by atoms with Gasteiger partial charge >= 0.3 is 18.5 Å². The molecular weight excluding hydrogens is 376 g/mol. The molecule has 0 radical (unpaired) electrons. The SMILES string of the molecule is O=C(O)Cc1ncc(CBr)c(OC(F)(F)F)c1C(F)(F)F. The van der Waals surface area contributed by atoms with Crippen LogP contribution in [0.1, 0.15) is 16.8 Å². The van der Waals surface area contributed by atoms with Crippen molar-refractivity contribution in [3.63, 3.8) is 0 Å². The van der Waals surface area contributed by atoms with Crippen molar-refractivity contribution in [3.8, 4) is 5.75 Å². The molecule has 118 valence electrons. The average molecular weight is 382 g/mol. The molecule has 1 rings (SSSR count). The molecule has 11 heteroatoms.